The van der Waals surface area contributed by atoms with Crippen LogP contribution in [0.2, 0.25) is 0 Å². The number of hydrogen-bond donors (Lipinski definition) is 1. The van der Waals surface area contributed by atoms with Crippen molar-refractivity contribution in [2.75, 3.05) is 0 Å². The van der Waals surface area contributed by atoms with Crippen LogP contribution in [-0.4, -0.2) is 4.98 Å². The lowest BCUT2D eigenvalue weighted by molar-refractivity contribution is 0.511. The van der Waals surface area contributed by atoms with E-state index >= 15 is 0 Å². The Bertz CT molecular complexity index is 653. The van der Waals surface area contributed by atoms with Crippen LogP contribution in [0.3, 0.4) is 0 Å². The standard InChI is InChI=1S/C14H9F2N/c15-11-6-3-5-10(14(11)16)13-8-9-4-1-2-7-12(9)17-13/h1-8,17H. The van der Waals surface area contributed by atoms with Crippen molar-refractivity contribution < 1.29 is 8.78 Å². The van der Waals surface area contributed by atoms with Gasteiger partial charge in [0.15, 0.2) is 11.6 Å². The molecule has 1 aromatic heterocycles. The molecule has 0 radical (unpaired) electrons. The number of benzene rings is 2. The Morgan fingerprint density at radius 2 is 1.71 bits per heavy atom. The second-order valence-corrected chi connectivity index (χ2v) is 3.87. The van der Waals surface area contributed by atoms with E-state index in [2.05, 4.69) is 4.98 Å². The fraction of sp³-hybridized carbons (Fsp3) is 0. The predicted octanol–water partition coefficient (Wildman–Crippen LogP) is 4.11. The number of rotatable bonds is 1. The Hall–Kier alpha value is -2.16. The highest BCUT2D eigenvalue weighted by molar-refractivity contribution is 5.85. The van der Waals surface area contributed by atoms with Crippen LogP contribution in [0, 0.1) is 11.6 Å². The van der Waals surface area contributed by atoms with E-state index in [1.54, 1.807) is 6.07 Å². The Morgan fingerprint density at radius 3 is 2.53 bits per heavy atom. The van der Waals surface area contributed by atoms with Gasteiger partial charge in [-0.25, -0.2) is 8.78 Å². The minimum absolute atomic E-state index is 0.251. The first-order valence-corrected chi connectivity index (χ1v) is 5.28. The van der Waals surface area contributed by atoms with Crippen LogP contribution in [0.4, 0.5) is 8.78 Å². The second kappa shape index (κ2) is 3.70. The Kier molecular flexibility index (Phi) is 2.18. The zero-order valence-electron chi connectivity index (χ0n) is 8.87. The van der Waals surface area contributed by atoms with Gasteiger partial charge in [-0.1, -0.05) is 24.3 Å². The maximum Gasteiger partial charge on any atom is 0.168 e. The van der Waals surface area contributed by atoms with Crippen LogP contribution in [0.25, 0.3) is 22.2 Å². The topological polar surface area (TPSA) is 15.8 Å². The predicted molar refractivity (Wildman–Crippen MR) is 63.7 cm³/mol. The Labute approximate surface area is 96.7 Å². The average Bonchev–Trinajstić information content (AvgIpc) is 2.76. The molecule has 0 spiro atoms. The van der Waals surface area contributed by atoms with E-state index in [-0.39, 0.29) is 5.56 Å². The first-order chi connectivity index (χ1) is 8.25. The maximum absolute atomic E-state index is 13.6. The fourth-order valence-corrected chi connectivity index (χ4v) is 1.93. The highest BCUT2D eigenvalue weighted by atomic mass is 19.2. The van der Waals surface area contributed by atoms with E-state index in [1.165, 1.54) is 6.07 Å². The van der Waals surface area contributed by atoms with Gasteiger partial charge in [-0.15, -0.1) is 0 Å². The van der Waals surface area contributed by atoms with Gasteiger partial charge < -0.3 is 4.98 Å². The lowest BCUT2D eigenvalue weighted by atomic mass is 10.1. The van der Waals surface area contributed by atoms with Crippen molar-refractivity contribution >= 4 is 10.9 Å². The summed E-state index contributed by atoms with van der Waals surface area (Å²) in [6, 6.07) is 13.6. The Morgan fingerprint density at radius 1 is 0.882 bits per heavy atom. The molecule has 0 aliphatic heterocycles. The summed E-state index contributed by atoms with van der Waals surface area (Å²) in [5, 5.41) is 0.978. The number of H-pyrrole nitrogens is 1. The van der Waals surface area contributed by atoms with Crippen molar-refractivity contribution in [2.24, 2.45) is 0 Å². The number of aromatic nitrogens is 1. The quantitative estimate of drug-likeness (QED) is 0.646. The second-order valence-electron chi connectivity index (χ2n) is 3.87. The summed E-state index contributed by atoms with van der Waals surface area (Å²) in [4.78, 5) is 3.07. The largest absolute Gasteiger partial charge is 0.354 e. The number of fused-ring (bicyclic) bond motifs is 1. The zero-order valence-corrected chi connectivity index (χ0v) is 8.87. The molecule has 0 atom stereocenters. The smallest absolute Gasteiger partial charge is 0.168 e. The fourth-order valence-electron chi connectivity index (χ4n) is 1.93. The molecule has 0 aliphatic carbocycles. The summed E-state index contributed by atoms with van der Waals surface area (Å²) in [6.45, 7) is 0. The lowest BCUT2D eigenvalue weighted by Crippen LogP contribution is -1.88. The van der Waals surface area contributed by atoms with Crippen molar-refractivity contribution in [3.8, 4) is 11.3 Å². The third-order valence-corrected chi connectivity index (χ3v) is 2.77. The molecule has 1 N–H and O–H groups in total. The summed E-state index contributed by atoms with van der Waals surface area (Å²) in [6.07, 6.45) is 0. The highest BCUT2D eigenvalue weighted by Crippen LogP contribution is 2.27. The molecular formula is C14H9F2N. The normalized spacial score (nSPS) is 10.9. The molecule has 0 saturated carbocycles. The van der Waals surface area contributed by atoms with Gasteiger partial charge in [-0.05, 0) is 24.3 Å². The molecule has 3 heteroatoms. The van der Waals surface area contributed by atoms with Gasteiger partial charge in [0.25, 0.3) is 0 Å². The van der Waals surface area contributed by atoms with Crippen LogP contribution in [0.15, 0.2) is 48.5 Å². The molecule has 0 saturated heterocycles. The van der Waals surface area contributed by atoms with Crippen molar-refractivity contribution in [2.45, 2.75) is 0 Å². The molecular weight excluding hydrogens is 220 g/mol. The van der Waals surface area contributed by atoms with E-state index < -0.39 is 11.6 Å². The monoisotopic (exact) mass is 229 g/mol. The molecule has 1 nitrogen and oxygen atoms in total. The molecule has 0 amide bonds. The van der Waals surface area contributed by atoms with Crippen LogP contribution in [0.1, 0.15) is 0 Å². The van der Waals surface area contributed by atoms with E-state index in [0.29, 0.717) is 5.69 Å². The Balaban J connectivity index is 2.24. The van der Waals surface area contributed by atoms with E-state index in [9.17, 15) is 8.78 Å². The molecule has 2 aromatic carbocycles. The number of nitrogens with one attached hydrogen (secondary N) is 1. The number of hydrogen-bond acceptors (Lipinski definition) is 0. The first kappa shape index (κ1) is 10.0. The molecule has 84 valence electrons. The van der Waals surface area contributed by atoms with Gasteiger partial charge in [0.05, 0.1) is 0 Å². The van der Waals surface area contributed by atoms with Crippen molar-refractivity contribution in [1.82, 2.24) is 4.98 Å². The molecule has 3 aromatic rings. The molecule has 3 rings (SSSR count). The summed E-state index contributed by atoms with van der Waals surface area (Å²) in [7, 11) is 0. The molecule has 0 unspecified atom stereocenters. The van der Waals surface area contributed by atoms with Gasteiger partial charge in [-0.2, -0.15) is 0 Å². The van der Waals surface area contributed by atoms with Crippen LogP contribution >= 0.6 is 0 Å². The summed E-state index contributed by atoms with van der Waals surface area (Å²) in [5.74, 6) is -1.65. The first-order valence-electron chi connectivity index (χ1n) is 5.28. The maximum atomic E-state index is 13.6. The van der Waals surface area contributed by atoms with Gasteiger partial charge in [0.1, 0.15) is 0 Å². The summed E-state index contributed by atoms with van der Waals surface area (Å²) < 4.78 is 26.8. The minimum atomic E-state index is -0.832. The average molecular weight is 229 g/mol. The third-order valence-electron chi connectivity index (χ3n) is 2.77. The van der Waals surface area contributed by atoms with Crippen molar-refractivity contribution in [1.29, 1.82) is 0 Å². The van der Waals surface area contributed by atoms with Gasteiger partial charge >= 0.3 is 0 Å². The molecule has 0 fully saturated rings. The van der Waals surface area contributed by atoms with Gasteiger partial charge in [0.2, 0.25) is 0 Å². The number of aromatic amines is 1. The van der Waals surface area contributed by atoms with Gasteiger partial charge in [-0.3, -0.25) is 0 Å². The number of halogens is 2. The van der Waals surface area contributed by atoms with Gasteiger partial charge in [0, 0.05) is 22.2 Å². The molecule has 17 heavy (non-hydrogen) atoms. The molecule has 1 heterocycles. The third kappa shape index (κ3) is 1.60. The van der Waals surface area contributed by atoms with Crippen molar-refractivity contribution in [3.05, 3.63) is 60.2 Å². The van der Waals surface area contributed by atoms with Crippen LogP contribution < -0.4 is 0 Å². The van der Waals surface area contributed by atoms with Crippen LogP contribution in [0.5, 0.6) is 0 Å². The van der Waals surface area contributed by atoms with E-state index in [4.69, 9.17) is 0 Å². The highest BCUT2D eigenvalue weighted by Gasteiger charge is 2.11. The zero-order chi connectivity index (χ0) is 11.8. The molecule has 0 aliphatic rings. The number of para-hydroxylation sites is 1. The summed E-state index contributed by atoms with van der Waals surface area (Å²) >= 11 is 0. The lowest BCUT2D eigenvalue weighted by Gasteiger charge is -2.00. The minimum Gasteiger partial charge on any atom is -0.354 e. The van der Waals surface area contributed by atoms with E-state index in [1.807, 2.05) is 30.3 Å². The van der Waals surface area contributed by atoms with Crippen LogP contribution in [-0.2, 0) is 0 Å². The van der Waals surface area contributed by atoms with E-state index in [0.717, 1.165) is 17.0 Å². The SMILES string of the molecule is Fc1cccc(-c2cc3ccccc3[nH]2)c1F. The molecule has 0 bridgehead atoms. The van der Waals surface area contributed by atoms with Crippen molar-refractivity contribution in [3.63, 3.8) is 0 Å². The summed E-state index contributed by atoms with van der Waals surface area (Å²) in [5.41, 5.74) is 1.75.